The first kappa shape index (κ1) is 15.3. The van der Waals surface area contributed by atoms with Crippen LogP contribution in [0.5, 0.6) is 0 Å². The lowest BCUT2D eigenvalue weighted by Crippen LogP contribution is -2.53. The summed E-state index contributed by atoms with van der Waals surface area (Å²) in [5.41, 5.74) is 5.73. The van der Waals surface area contributed by atoms with Crippen LogP contribution in [0.4, 0.5) is 0 Å². The number of rotatable bonds is 2. The molecule has 0 spiro atoms. The summed E-state index contributed by atoms with van der Waals surface area (Å²) in [5, 5.41) is 0. The van der Waals surface area contributed by atoms with E-state index in [1.807, 2.05) is 11.8 Å². The van der Waals surface area contributed by atoms with Crippen LogP contribution in [0, 0.1) is 17.8 Å². The highest BCUT2D eigenvalue weighted by Gasteiger charge is 2.38. The monoisotopic (exact) mass is 294 g/mol. The quantitative estimate of drug-likeness (QED) is 0.849. The molecule has 1 heterocycles. The van der Waals surface area contributed by atoms with Crippen molar-refractivity contribution in [2.75, 3.05) is 19.6 Å². The first-order valence-corrected chi connectivity index (χ1v) is 8.81. The Morgan fingerprint density at radius 3 is 2.67 bits per heavy atom. The van der Waals surface area contributed by atoms with Crippen molar-refractivity contribution < 1.29 is 9.53 Å². The molecule has 2 N–H and O–H groups in total. The molecule has 1 aliphatic heterocycles. The molecule has 0 aromatic rings. The Balaban J connectivity index is 1.59. The fourth-order valence-electron chi connectivity index (χ4n) is 4.71. The second-order valence-electron chi connectivity index (χ2n) is 7.36. The van der Waals surface area contributed by atoms with Crippen LogP contribution in [-0.2, 0) is 9.53 Å². The van der Waals surface area contributed by atoms with Crippen LogP contribution < -0.4 is 5.73 Å². The van der Waals surface area contributed by atoms with Gasteiger partial charge >= 0.3 is 0 Å². The second kappa shape index (κ2) is 6.66. The normalized spacial score (nSPS) is 40.7. The van der Waals surface area contributed by atoms with Crippen molar-refractivity contribution in [3.8, 4) is 0 Å². The zero-order valence-electron chi connectivity index (χ0n) is 13.3. The standard InChI is InChI=1S/C17H30N2O2/c1-12-10-19(11-16(9-18)21-12)17(20)15-7-6-13-4-2-3-5-14(13)8-15/h12-16H,2-11,18H2,1H3. The van der Waals surface area contributed by atoms with Crippen LogP contribution in [0.3, 0.4) is 0 Å². The SMILES string of the molecule is CC1CN(C(=O)C2CCC3CCCCC3C2)CC(CN)O1. The molecule has 0 aromatic heterocycles. The van der Waals surface area contributed by atoms with Gasteiger partial charge in [-0.3, -0.25) is 4.79 Å². The second-order valence-corrected chi connectivity index (χ2v) is 7.36. The molecule has 0 radical (unpaired) electrons. The maximum absolute atomic E-state index is 12.9. The summed E-state index contributed by atoms with van der Waals surface area (Å²) >= 11 is 0. The van der Waals surface area contributed by atoms with Gasteiger partial charge in [-0.1, -0.05) is 25.7 Å². The predicted molar refractivity (Wildman–Crippen MR) is 82.8 cm³/mol. The Bertz CT molecular complexity index is 374. The molecule has 2 saturated carbocycles. The molecule has 2 aliphatic carbocycles. The minimum Gasteiger partial charge on any atom is -0.370 e. The van der Waals surface area contributed by atoms with Gasteiger partial charge in [0.15, 0.2) is 0 Å². The molecular weight excluding hydrogens is 264 g/mol. The molecule has 1 amide bonds. The van der Waals surface area contributed by atoms with Gasteiger partial charge < -0.3 is 15.4 Å². The third-order valence-corrected chi connectivity index (χ3v) is 5.79. The van der Waals surface area contributed by atoms with Gasteiger partial charge in [-0.2, -0.15) is 0 Å². The number of morpholine rings is 1. The van der Waals surface area contributed by atoms with E-state index in [0.29, 0.717) is 19.0 Å². The minimum atomic E-state index is 0.0173. The van der Waals surface area contributed by atoms with Crippen LogP contribution in [-0.4, -0.2) is 42.6 Å². The zero-order chi connectivity index (χ0) is 14.8. The van der Waals surface area contributed by atoms with Crippen molar-refractivity contribution in [1.82, 2.24) is 4.90 Å². The lowest BCUT2D eigenvalue weighted by Gasteiger charge is -2.42. The number of fused-ring (bicyclic) bond motifs is 1. The van der Waals surface area contributed by atoms with Gasteiger partial charge in [-0.15, -0.1) is 0 Å². The fraction of sp³-hybridized carbons (Fsp3) is 0.941. The fourth-order valence-corrected chi connectivity index (χ4v) is 4.71. The molecule has 0 bridgehead atoms. The highest BCUT2D eigenvalue weighted by atomic mass is 16.5. The van der Waals surface area contributed by atoms with E-state index in [4.69, 9.17) is 10.5 Å². The van der Waals surface area contributed by atoms with Gasteiger partial charge in [0.05, 0.1) is 12.2 Å². The number of carbonyl (C=O) groups excluding carboxylic acids is 1. The third-order valence-electron chi connectivity index (χ3n) is 5.79. The molecule has 4 nitrogen and oxygen atoms in total. The van der Waals surface area contributed by atoms with Crippen LogP contribution in [0.2, 0.25) is 0 Å². The lowest BCUT2D eigenvalue weighted by atomic mass is 9.67. The Kier molecular flexibility index (Phi) is 4.85. The smallest absolute Gasteiger partial charge is 0.225 e. The summed E-state index contributed by atoms with van der Waals surface area (Å²) < 4.78 is 5.77. The number of ether oxygens (including phenoxy) is 1. The number of nitrogens with zero attached hydrogens (tertiary/aromatic N) is 1. The largest absolute Gasteiger partial charge is 0.370 e. The molecule has 3 rings (SSSR count). The average molecular weight is 294 g/mol. The maximum atomic E-state index is 12.9. The van der Waals surface area contributed by atoms with E-state index in [-0.39, 0.29) is 18.1 Å². The van der Waals surface area contributed by atoms with E-state index in [1.54, 1.807) is 0 Å². The van der Waals surface area contributed by atoms with Crippen molar-refractivity contribution in [2.45, 2.75) is 64.1 Å². The summed E-state index contributed by atoms with van der Waals surface area (Å²) in [5.74, 6) is 2.34. The number of carbonyl (C=O) groups is 1. The van der Waals surface area contributed by atoms with Crippen molar-refractivity contribution in [3.63, 3.8) is 0 Å². The Labute approximate surface area is 128 Å². The summed E-state index contributed by atoms with van der Waals surface area (Å²) in [7, 11) is 0. The number of hydrogen-bond donors (Lipinski definition) is 1. The summed E-state index contributed by atoms with van der Waals surface area (Å²) in [6, 6.07) is 0. The number of nitrogens with two attached hydrogens (primary N) is 1. The first-order chi connectivity index (χ1) is 10.2. The van der Waals surface area contributed by atoms with Crippen molar-refractivity contribution >= 4 is 5.91 Å². The van der Waals surface area contributed by atoms with E-state index in [9.17, 15) is 4.79 Å². The average Bonchev–Trinajstić information content (AvgIpc) is 2.53. The van der Waals surface area contributed by atoms with Gasteiger partial charge in [0, 0.05) is 25.6 Å². The van der Waals surface area contributed by atoms with Crippen LogP contribution in [0.25, 0.3) is 0 Å². The predicted octanol–water partition coefficient (Wildman–Crippen LogP) is 2.17. The molecule has 5 atom stereocenters. The van der Waals surface area contributed by atoms with E-state index >= 15 is 0 Å². The molecule has 3 aliphatic rings. The van der Waals surface area contributed by atoms with Gasteiger partial charge in [0.25, 0.3) is 0 Å². The highest BCUT2D eigenvalue weighted by molar-refractivity contribution is 5.79. The zero-order valence-corrected chi connectivity index (χ0v) is 13.3. The number of amides is 1. The molecule has 21 heavy (non-hydrogen) atoms. The molecule has 3 fully saturated rings. The summed E-state index contributed by atoms with van der Waals surface area (Å²) in [6.45, 7) is 3.97. The topological polar surface area (TPSA) is 55.6 Å². The van der Waals surface area contributed by atoms with Gasteiger partial charge in [-0.25, -0.2) is 0 Å². The molecule has 5 unspecified atom stereocenters. The van der Waals surface area contributed by atoms with Crippen molar-refractivity contribution in [2.24, 2.45) is 23.5 Å². The van der Waals surface area contributed by atoms with Gasteiger partial charge in [0.2, 0.25) is 5.91 Å². The Morgan fingerprint density at radius 1 is 1.14 bits per heavy atom. The van der Waals surface area contributed by atoms with E-state index in [1.165, 1.54) is 32.1 Å². The summed E-state index contributed by atoms with van der Waals surface area (Å²) in [4.78, 5) is 14.9. The van der Waals surface area contributed by atoms with E-state index < -0.39 is 0 Å². The Morgan fingerprint density at radius 2 is 1.90 bits per heavy atom. The molecule has 1 saturated heterocycles. The van der Waals surface area contributed by atoms with E-state index in [2.05, 4.69) is 0 Å². The first-order valence-electron chi connectivity index (χ1n) is 8.81. The van der Waals surface area contributed by atoms with Crippen LogP contribution in [0.15, 0.2) is 0 Å². The maximum Gasteiger partial charge on any atom is 0.225 e. The van der Waals surface area contributed by atoms with Crippen molar-refractivity contribution in [3.05, 3.63) is 0 Å². The van der Waals surface area contributed by atoms with Gasteiger partial charge in [0.1, 0.15) is 0 Å². The molecule has 120 valence electrons. The highest BCUT2D eigenvalue weighted by Crippen LogP contribution is 2.43. The Hall–Kier alpha value is -0.610. The van der Waals surface area contributed by atoms with Crippen LogP contribution >= 0.6 is 0 Å². The van der Waals surface area contributed by atoms with Gasteiger partial charge in [-0.05, 0) is 38.0 Å². The van der Waals surface area contributed by atoms with Crippen LogP contribution in [0.1, 0.15) is 51.9 Å². The molecular formula is C17H30N2O2. The molecule has 4 heteroatoms. The third kappa shape index (κ3) is 3.42. The van der Waals surface area contributed by atoms with E-state index in [0.717, 1.165) is 31.2 Å². The minimum absolute atomic E-state index is 0.0173. The molecule has 0 aromatic carbocycles. The lowest BCUT2D eigenvalue weighted by molar-refractivity contribution is -0.150. The summed E-state index contributed by atoms with van der Waals surface area (Å²) in [6.07, 6.45) is 9.13. The van der Waals surface area contributed by atoms with Crippen molar-refractivity contribution in [1.29, 1.82) is 0 Å². The number of hydrogen-bond acceptors (Lipinski definition) is 3.